The van der Waals surface area contributed by atoms with Crippen LogP contribution in [0.15, 0.2) is 107 Å². The molecule has 0 saturated heterocycles. The topological polar surface area (TPSA) is 342 Å². The lowest BCUT2D eigenvalue weighted by Crippen LogP contribution is -2.23. The molecule has 19 heteroatoms. The molecule has 64 heavy (non-hydrogen) atoms. The van der Waals surface area contributed by atoms with Gasteiger partial charge >= 0.3 is 0 Å². The first-order valence-corrected chi connectivity index (χ1v) is 19.6. The first-order chi connectivity index (χ1) is 30.5. The van der Waals surface area contributed by atoms with Gasteiger partial charge in [-0.05, 0) is 11.1 Å². The third-order valence-electron chi connectivity index (χ3n) is 11.0. The van der Waals surface area contributed by atoms with Crippen LogP contribution in [0.3, 0.4) is 0 Å². The molecule has 322 valence electrons. The monoisotopic (exact) mass is 885 g/mol. The van der Waals surface area contributed by atoms with E-state index in [4.69, 9.17) is 0 Å². The third-order valence-corrected chi connectivity index (χ3v) is 12.4. The molecule has 2 atom stereocenters. The van der Waals surface area contributed by atoms with Gasteiger partial charge < -0.3 is 76.6 Å². The lowest BCUT2D eigenvalue weighted by atomic mass is 9.80. The number of phenolic OH excluding ortho intramolecular Hbond substituents is 12. The van der Waals surface area contributed by atoms with E-state index >= 15 is 0 Å². The minimum atomic E-state index is -1.77. The maximum Gasteiger partial charge on any atom is 0.208 e. The highest BCUT2D eigenvalue weighted by atomic mass is 32.2. The SMILES string of the molecule is OC1=C(c2c(O)c(O)c(O)c(-c3nc(-c4ccccc4)nc(-c4ccc(-c5ccccc5)cc4)n3)c2O)C2Sc3c(O)c(-c4c(O)c(O)c(O)c(O)c4O)c(O)c(O)c3C2C(O)=C1O. The van der Waals surface area contributed by atoms with Gasteiger partial charge in [0.2, 0.25) is 23.0 Å². The van der Waals surface area contributed by atoms with Crippen molar-refractivity contribution in [2.75, 3.05) is 0 Å². The molecular formula is C45H31N3O15S. The molecule has 1 aliphatic carbocycles. The fourth-order valence-corrected chi connectivity index (χ4v) is 9.42. The number of aliphatic hydroxyl groups excluding tert-OH is 3. The number of benzene rings is 6. The molecule has 6 aromatic carbocycles. The summed E-state index contributed by atoms with van der Waals surface area (Å²) in [4.78, 5) is 13.2. The molecule has 9 rings (SSSR count). The zero-order chi connectivity index (χ0) is 45.6. The van der Waals surface area contributed by atoms with Gasteiger partial charge in [0.25, 0.3) is 0 Å². The second-order valence-electron chi connectivity index (χ2n) is 14.6. The van der Waals surface area contributed by atoms with Crippen LogP contribution >= 0.6 is 11.8 Å². The molecule has 0 fully saturated rings. The summed E-state index contributed by atoms with van der Waals surface area (Å²) in [5.41, 5.74) is -2.24. The summed E-state index contributed by atoms with van der Waals surface area (Å²) in [5, 5.41) is 164. The molecule has 2 heterocycles. The van der Waals surface area contributed by atoms with Gasteiger partial charge in [-0.3, -0.25) is 0 Å². The fraction of sp³-hybridized carbons (Fsp3) is 0.0444. The normalized spacial score (nSPS) is 15.6. The van der Waals surface area contributed by atoms with Crippen LogP contribution in [0.25, 0.3) is 62.0 Å². The Bertz CT molecular complexity index is 3170. The van der Waals surface area contributed by atoms with Crippen LogP contribution in [0, 0.1) is 0 Å². The molecule has 18 nitrogen and oxygen atoms in total. The Morgan fingerprint density at radius 3 is 1.33 bits per heavy atom. The first kappa shape index (κ1) is 40.6. The molecule has 2 aliphatic rings. The van der Waals surface area contributed by atoms with Crippen molar-refractivity contribution in [1.29, 1.82) is 0 Å². The minimum absolute atomic E-state index is 0.0253. The molecule has 0 bridgehead atoms. The van der Waals surface area contributed by atoms with Crippen LogP contribution < -0.4 is 0 Å². The van der Waals surface area contributed by atoms with Crippen LogP contribution in [0.2, 0.25) is 0 Å². The maximum atomic E-state index is 12.1. The van der Waals surface area contributed by atoms with Crippen molar-refractivity contribution in [3.63, 3.8) is 0 Å². The smallest absolute Gasteiger partial charge is 0.208 e. The minimum Gasteiger partial charge on any atom is -0.508 e. The predicted octanol–water partition coefficient (Wildman–Crippen LogP) is 7.54. The second-order valence-corrected chi connectivity index (χ2v) is 15.7. The van der Waals surface area contributed by atoms with Crippen molar-refractivity contribution in [3.05, 3.63) is 113 Å². The van der Waals surface area contributed by atoms with E-state index < -0.39 is 142 Å². The number of aromatic nitrogens is 3. The number of hydrogen-bond donors (Lipinski definition) is 15. The Kier molecular flexibility index (Phi) is 9.29. The van der Waals surface area contributed by atoms with E-state index in [1.165, 1.54) is 0 Å². The van der Waals surface area contributed by atoms with E-state index in [9.17, 15) is 76.6 Å². The van der Waals surface area contributed by atoms with E-state index in [1.807, 2.05) is 42.5 Å². The molecule has 0 radical (unpaired) electrons. The number of rotatable bonds is 6. The lowest BCUT2D eigenvalue weighted by Gasteiger charge is -2.29. The van der Waals surface area contributed by atoms with Gasteiger partial charge in [0.15, 0.2) is 63.5 Å². The predicted molar refractivity (Wildman–Crippen MR) is 228 cm³/mol. The summed E-state index contributed by atoms with van der Waals surface area (Å²) in [5.74, 6) is -21.1. The molecule has 0 spiro atoms. The molecule has 2 unspecified atom stereocenters. The highest BCUT2D eigenvalue weighted by Gasteiger charge is 2.51. The van der Waals surface area contributed by atoms with Gasteiger partial charge in [-0.15, -0.1) is 11.8 Å². The van der Waals surface area contributed by atoms with Crippen molar-refractivity contribution < 1.29 is 76.6 Å². The van der Waals surface area contributed by atoms with E-state index in [0.29, 0.717) is 22.9 Å². The highest BCUT2D eigenvalue weighted by molar-refractivity contribution is 8.00. The number of thioether (sulfide) groups is 1. The molecule has 0 saturated carbocycles. The van der Waals surface area contributed by atoms with Gasteiger partial charge in [-0.1, -0.05) is 84.9 Å². The highest BCUT2D eigenvalue weighted by Crippen LogP contribution is 2.68. The van der Waals surface area contributed by atoms with Crippen LogP contribution in [-0.4, -0.2) is 96.8 Å². The number of aromatic hydroxyl groups is 12. The Balaban J connectivity index is 1.23. The number of aliphatic hydroxyl groups is 3. The molecule has 1 aliphatic heterocycles. The zero-order valence-electron chi connectivity index (χ0n) is 32.2. The lowest BCUT2D eigenvalue weighted by molar-refractivity contribution is 0.259. The first-order valence-electron chi connectivity index (χ1n) is 18.7. The van der Waals surface area contributed by atoms with Gasteiger partial charge in [0.05, 0.1) is 32.8 Å². The van der Waals surface area contributed by atoms with Gasteiger partial charge in [0, 0.05) is 22.3 Å². The molecule has 7 aromatic rings. The number of fused-ring (bicyclic) bond motifs is 3. The Hall–Kier alpha value is -8.84. The quantitative estimate of drug-likeness (QED) is 0.0566. The van der Waals surface area contributed by atoms with E-state index in [1.54, 1.807) is 42.5 Å². The number of hydrogen-bond acceptors (Lipinski definition) is 19. The number of phenols is 12. The summed E-state index contributed by atoms with van der Waals surface area (Å²) in [7, 11) is 0. The van der Waals surface area contributed by atoms with Crippen LogP contribution in [-0.2, 0) is 0 Å². The summed E-state index contributed by atoms with van der Waals surface area (Å²) >= 11 is 0.453. The van der Waals surface area contributed by atoms with Crippen LogP contribution in [0.1, 0.15) is 17.0 Å². The van der Waals surface area contributed by atoms with Crippen molar-refractivity contribution in [2.24, 2.45) is 0 Å². The summed E-state index contributed by atoms with van der Waals surface area (Å²) in [6, 6.07) is 25.1. The molecule has 15 N–H and O–H groups in total. The van der Waals surface area contributed by atoms with Crippen molar-refractivity contribution in [3.8, 4) is 125 Å². The van der Waals surface area contributed by atoms with Crippen LogP contribution in [0.4, 0.5) is 0 Å². The van der Waals surface area contributed by atoms with Gasteiger partial charge in [-0.2, -0.15) is 0 Å². The summed E-state index contributed by atoms with van der Waals surface area (Å²) in [6.07, 6.45) is 0. The van der Waals surface area contributed by atoms with Crippen molar-refractivity contribution >= 4 is 17.3 Å². The number of allylic oxidation sites excluding steroid dienone is 1. The second kappa shape index (κ2) is 14.7. The largest absolute Gasteiger partial charge is 0.508 e. The molecule has 0 amide bonds. The van der Waals surface area contributed by atoms with E-state index in [-0.39, 0.29) is 11.6 Å². The summed E-state index contributed by atoms with van der Waals surface area (Å²) in [6.45, 7) is 0. The Morgan fingerprint density at radius 2 is 0.750 bits per heavy atom. The zero-order valence-corrected chi connectivity index (χ0v) is 33.0. The van der Waals surface area contributed by atoms with Crippen molar-refractivity contribution in [1.82, 2.24) is 15.0 Å². The van der Waals surface area contributed by atoms with E-state index in [0.717, 1.165) is 11.1 Å². The Labute approximate surface area is 362 Å². The maximum absolute atomic E-state index is 12.1. The average molecular weight is 886 g/mol. The third kappa shape index (κ3) is 5.86. The fourth-order valence-electron chi connectivity index (χ4n) is 7.86. The standard InChI is InChI=1S/C45H31N3O15S/c49-26-21(22-32(55)37(60)33(56)23-24-31(54)27(50)20(35(58)42(24)64-41(22)23)19-28(51)38(61)40(63)39(62)29(19)52)30(53)36(59)34(57)25(26)45-47-43(17-9-5-2-6-10-17)46-44(48-45)18-13-11-16(12-14-18)15-7-3-1-4-8-15/h1-14,23,41,49-63H. The Morgan fingerprint density at radius 1 is 0.344 bits per heavy atom. The molecular weight excluding hydrogens is 855 g/mol. The van der Waals surface area contributed by atoms with Gasteiger partial charge in [-0.25, -0.2) is 15.0 Å². The average Bonchev–Trinajstić information content (AvgIpc) is 3.72. The number of nitrogens with zero attached hydrogens (tertiary/aromatic N) is 3. The van der Waals surface area contributed by atoms with E-state index in [2.05, 4.69) is 15.0 Å². The van der Waals surface area contributed by atoms with Gasteiger partial charge in [0.1, 0.15) is 22.8 Å². The molecule has 1 aromatic heterocycles. The van der Waals surface area contributed by atoms with Crippen LogP contribution in [0.5, 0.6) is 69.0 Å². The summed E-state index contributed by atoms with van der Waals surface area (Å²) < 4.78 is 0. The van der Waals surface area contributed by atoms with Crippen molar-refractivity contribution in [2.45, 2.75) is 16.1 Å².